The number of nitrogens with zero attached hydrogens (tertiary/aromatic N) is 2. The molecule has 0 unspecified atom stereocenters. The summed E-state index contributed by atoms with van der Waals surface area (Å²) in [5.41, 5.74) is 3.89. The quantitative estimate of drug-likeness (QED) is 0.679. The van der Waals surface area contributed by atoms with Crippen molar-refractivity contribution in [2.75, 3.05) is 0 Å². The fourth-order valence-corrected chi connectivity index (χ4v) is 1.84. The molecule has 0 radical (unpaired) electrons. The van der Waals surface area contributed by atoms with Gasteiger partial charge >= 0.3 is 0 Å². The third-order valence-corrected chi connectivity index (χ3v) is 2.64. The summed E-state index contributed by atoms with van der Waals surface area (Å²) in [6, 6.07) is 9.31. The van der Waals surface area contributed by atoms with Crippen molar-refractivity contribution < 1.29 is 4.79 Å². The summed E-state index contributed by atoms with van der Waals surface area (Å²) < 4.78 is 0. The molecule has 0 saturated carbocycles. The molecule has 1 aromatic carbocycles. The number of H-pyrrole nitrogens is 1. The molecule has 0 atom stereocenters. The van der Waals surface area contributed by atoms with Crippen LogP contribution in [0.25, 0.3) is 22.4 Å². The number of carbonyl (C=O) groups is 1. The topological polar surface area (TPSA) is 58.6 Å². The molecule has 3 rings (SSSR count). The SMILES string of the molecule is O=Cc1ccccc1-c1cc2nccnc2[nH]1. The molecule has 2 aromatic heterocycles. The molecule has 0 fully saturated rings. The predicted molar refractivity (Wildman–Crippen MR) is 64.7 cm³/mol. The zero-order valence-corrected chi connectivity index (χ0v) is 8.92. The van der Waals surface area contributed by atoms with Gasteiger partial charge in [0.05, 0.1) is 0 Å². The maximum absolute atomic E-state index is 11.0. The Kier molecular flexibility index (Phi) is 2.19. The first-order valence-corrected chi connectivity index (χ1v) is 5.23. The van der Waals surface area contributed by atoms with Crippen molar-refractivity contribution in [2.24, 2.45) is 0 Å². The van der Waals surface area contributed by atoms with Crippen LogP contribution in [0.4, 0.5) is 0 Å². The Labute approximate surface area is 97.3 Å². The molecule has 0 amide bonds. The molecule has 0 spiro atoms. The van der Waals surface area contributed by atoms with Gasteiger partial charge < -0.3 is 4.98 Å². The van der Waals surface area contributed by atoms with Crippen molar-refractivity contribution in [3.05, 3.63) is 48.3 Å². The van der Waals surface area contributed by atoms with Crippen molar-refractivity contribution in [3.63, 3.8) is 0 Å². The molecule has 0 aliphatic carbocycles. The number of aromatic nitrogens is 3. The smallest absolute Gasteiger partial charge is 0.156 e. The lowest BCUT2D eigenvalue weighted by molar-refractivity contribution is 0.112. The lowest BCUT2D eigenvalue weighted by Gasteiger charge is -2.00. The maximum atomic E-state index is 11.0. The summed E-state index contributed by atoms with van der Waals surface area (Å²) in [7, 11) is 0. The first kappa shape index (κ1) is 9.72. The van der Waals surface area contributed by atoms with Gasteiger partial charge in [-0.3, -0.25) is 9.78 Å². The van der Waals surface area contributed by atoms with Crippen LogP contribution < -0.4 is 0 Å². The molecule has 1 N–H and O–H groups in total. The van der Waals surface area contributed by atoms with Crippen molar-refractivity contribution in [1.29, 1.82) is 0 Å². The van der Waals surface area contributed by atoms with Crippen molar-refractivity contribution in [1.82, 2.24) is 15.0 Å². The monoisotopic (exact) mass is 223 g/mol. The second-order valence-electron chi connectivity index (χ2n) is 3.68. The average molecular weight is 223 g/mol. The highest BCUT2D eigenvalue weighted by Gasteiger charge is 2.07. The number of fused-ring (bicyclic) bond motifs is 1. The van der Waals surface area contributed by atoms with E-state index < -0.39 is 0 Å². The zero-order valence-electron chi connectivity index (χ0n) is 8.92. The van der Waals surface area contributed by atoms with Gasteiger partial charge in [0, 0.05) is 29.2 Å². The fraction of sp³-hybridized carbons (Fsp3) is 0. The van der Waals surface area contributed by atoms with Crippen LogP contribution >= 0.6 is 0 Å². The number of aromatic amines is 1. The van der Waals surface area contributed by atoms with Crippen molar-refractivity contribution in [3.8, 4) is 11.3 Å². The molecule has 17 heavy (non-hydrogen) atoms. The van der Waals surface area contributed by atoms with Gasteiger partial charge in [-0.2, -0.15) is 0 Å². The van der Waals surface area contributed by atoms with Gasteiger partial charge in [-0.25, -0.2) is 4.98 Å². The number of nitrogens with one attached hydrogen (secondary N) is 1. The summed E-state index contributed by atoms with van der Waals surface area (Å²) in [4.78, 5) is 22.5. The Hall–Kier alpha value is -2.49. The first-order valence-electron chi connectivity index (χ1n) is 5.23. The van der Waals surface area contributed by atoms with Crippen LogP contribution in [-0.2, 0) is 0 Å². The van der Waals surface area contributed by atoms with Gasteiger partial charge in [0.15, 0.2) is 11.9 Å². The summed E-state index contributed by atoms with van der Waals surface area (Å²) in [5, 5.41) is 0. The lowest BCUT2D eigenvalue weighted by atomic mass is 10.1. The van der Waals surface area contributed by atoms with Crippen LogP contribution in [-0.4, -0.2) is 21.2 Å². The summed E-state index contributed by atoms with van der Waals surface area (Å²) in [6.07, 6.45) is 4.13. The van der Waals surface area contributed by atoms with E-state index in [0.29, 0.717) is 5.56 Å². The van der Waals surface area contributed by atoms with Gasteiger partial charge in [0.2, 0.25) is 0 Å². The third kappa shape index (κ3) is 1.59. The minimum absolute atomic E-state index is 0.652. The molecule has 82 valence electrons. The summed E-state index contributed by atoms with van der Waals surface area (Å²) >= 11 is 0. The first-order chi connectivity index (χ1) is 8.38. The van der Waals surface area contributed by atoms with Crippen LogP contribution in [0.3, 0.4) is 0 Å². The second kappa shape index (κ2) is 3.83. The third-order valence-electron chi connectivity index (χ3n) is 2.64. The Morgan fingerprint density at radius 3 is 2.76 bits per heavy atom. The van der Waals surface area contributed by atoms with E-state index in [1.807, 2.05) is 24.3 Å². The van der Waals surface area contributed by atoms with E-state index in [-0.39, 0.29) is 0 Å². The molecule has 0 saturated heterocycles. The van der Waals surface area contributed by atoms with Crippen molar-refractivity contribution in [2.45, 2.75) is 0 Å². The molecule has 0 aliphatic heterocycles. The van der Waals surface area contributed by atoms with E-state index in [9.17, 15) is 4.79 Å². The van der Waals surface area contributed by atoms with E-state index in [1.54, 1.807) is 18.5 Å². The van der Waals surface area contributed by atoms with Crippen molar-refractivity contribution >= 4 is 17.5 Å². The minimum Gasteiger partial charge on any atom is -0.338 e. The fourth-order valence-electron chi connectivity index (χ4n) is 1.84. The van der Waals surface area contributed by atoms with Crippen LogP contribution in [0.15, 0.2) is 42.7 Å². The van der Waals surface area contributed by atoms with Gasteiger partial charge in [0.1, 0.15) is 5.52 Å². The normalized spacial score (nSPS) is 10.6. The van der Waals surface area contributed by atoms with Gasteiger partial charge in [-0.15, -0.1) is 0 Å². The van der Waals surface area contributed by atoms with Gasteiger partial charge in [-0.1, -0.05) is 24.3 Å². The van der Waals surface area contributed by atoms with E-state index >= 15 is 0 Å². The summed E-state index contributed by atoms with van der Waals surface area (Å²) in [6.45, 7) is 0. The van der Waals surface area contributed by atoms with Gasteiger partial charge in [-0.05, 0) is 6.07 Å². The van der Waals surface area contributed by atoms with Crippen LogP contribution in [0.1, 0.15) is 10.4 Å². The minimum atomic E-state index is 0.652. The zero-order chi connectivity index (χ0) is 11.7. The maximum Gasteiger partial charge on any atom is 0.156 e. The number of rotatable bonds is 2. The molecular formula is C13H9N3O. The molecular weight excluding hydrogens is 214 g/mol. The lowest BCUT2D eigenvalue weighted by Crippen LogP contribution is -1.86. The predicted octanol–water partition coefficient (Wildman–Crippen LogP) is 2.44. The Balaban J connectivity index is 2.23. The molecule has 0 aliphatic rings. The molecule has 0 bridgehead atoms. The van der Waals surface area contributed by atoms with E-state index in [2.05, 4.69) is 15.0 Å². The number of hydrogen-bond donors (Lipinski definition) is 1. The number of benzene rings is 1. The average Bonchev–Trinajstić information content (AvgIpc) is 2.82. The highest BCUT2D eigenvalue weighted by molar-refractivity contribution is 5.89. The number of aldehydes is 1. The van der Waals surface area contributed by atoms with Crippen LogP contribution in [0.2, 0.25) is 0 Å². The van der Waals surface area contributed by atoms with Gasteiger partial charge in [0.25, 0.3) is 0 Å². The Bertz CT molecular complexity index is 655. The molecule has 4 nitrogen and oxygen atoms in total. The van der Waals surface area contributed by atoms with Crippen LogP contribution in [0, 0.1) is 0 Å². The standard InChI is InChI=1S/C13H9N3O/c17-8-9-3-1-2-4-10(9)11-7-12-13(16-11)15-6-5-14-12/h1-8H,(H,15,16). The summed E-state index contributed by atoms with van der Waals surface area (Å²) in [5.74, 6) is 0. The van der Waals surface area contributed by atoms with E-state index in [0.717, 1.165) is 28.7 Å². The second-order valence-corrected chi connectivity index (χ2v) is 3.68. The van der Waals surface area contributed by atoms with E-state index in [1.165, 1.54) is 0 Å². The Morgan fingerprint density at radius 1 is 1.12 bits per heavy atom. The largest absolute Gasteiger partial charge is 0.338 e. The molecule has 4 heteroatoms. The molecule has 2 heterocycles. The Morgan fingerprint density at radius 2 is 1.94 bits per heavy atom. The van der Waals surface area contributed by atoms with Crippen LogP contribution in [0.5, 0.6) is 0 Å². The molecule has 3 aromatic rings. The number of hydrogen-bond acceptors (Lipinski definition) is 3. The van der Waals surface area contributed by atoms with E-state index in [4.69, 9.17) is 0 Å². The number of carbonyl (C=O) groups excluding carboxylic acids is 1. The highest BCUT2D eigenvalue weighted by atomic mass is 16.1. The highest BCUT2D eigenvalue weighted by Crippen LogP contribution is 2.24.